The average Bonchev–Trinajstić information content (AvgIpc) is 1.00. The van der Waals surface area contributed by atoms with Gasteiger partial charge >= 0.3 is 9.12 Å². The van der Waals surface area contributed by atoms with E-state index in [9.17, 15) is 0 Å². The smallest absolute Gasteiger partial charge is 0.147 e. The van der Waals surface area contributed by atoms with E-state index in [-0.39, 0.29) is 24.8 Å². The molecule has 0 aliphatic rings. The predicted octanol–water partition coefficient (Wildman–Crippen LogP) is 1.05. The summed E-state index contributed by atoms with van der Waals surface area (Å²) in [4.78, 5) is 0. The summed E-state index contributed by atoms with van der Waals surface area (Å²) in [5.74, 6) is 0. The Hall–Kier alpha value is 0.680. The van der Waals surface area contributed by atoms with Gasteiger partial charge in [0.05, 0.1) is 0 Å². The zero-order valence-electron chi connectivity index (χ0n) is 1.80. The van der Waals surface area contributed by atoms with Gasteiger partial charge in [-0.2, -0.15) is 0 Å². The van der Waals surface area contributed by atoms with Crippen molar-refractivity contribution in [3.63, 3.8) is 0 Å². The topological polar surface area (TPSA) is 17.1 Å². The number of halogens is 2. The van der Waals surface area contributed by atoms with Crippen LogP contribution in [0.15, 0.2) is 0 Å². The third-order valence-corrected chi connectivity index (χ3v) is 0. The van der Waals surface area contributed by atoms with Gasteiger partial charge in [-0.1, -0.05) is 4.57 Å². The Morgan fingerprint density at radius 1 is 1.00 bits per heavy atom. The SMILES string of the molecule is Cl.Cl.O=[PH2+]. The van der Waals surface area contributed by atoms with Gasteiger partial charge in [0.2, 0.25) is 0 Å². The zero-order chi connectivity index (χ0) is 2.00. The minimum Gasteiger partial charge on any atom is -0.147 e. The molecular formula is H4Cl2OP+. The molecule has 0 amide bonds. The molecular weight excluding hydrogens is 118 g/mol. The highest BCUT2D eigenvalue weighted by Crippen LogP contribution is 1.23. The molecule has 0 N–H and O–H groups in total. The second-order valence-corrected chi connectivity index (χ2v) is 0. The molecule has 0 bridgehead atoms. The second-order valence-electron chi connectivity index (χ2n) is 0. The number of hydrogen-bond donors (Lipinski definition) is 0. The van der Waals surface area contributed by atoms with Crippen molar-refractivity contribution in [2.24, 2.45) is 0 Å². The van der Waals surface area contributed by atoms with E-state index in [1.807, 2.05) is 0 Å². The Labute approximate surface area is 39.2 Å². The van der Waals surface area contributed by atoms with Crippen molar-refractivity contribution >= 4 is 33.9 Å². The average molecular weight is 122 g/mol. The van der Waals surface area contributed by atoms with Crippen LogP contribution in [0.25, 0.3) is 0 Å². The van der Waals surface area contributed by atoms with Gasteiger partial charge in [0, 0.05) is 0 Å². The fraction of sp³-hybridized carbons (Fsp3) is 0. The number of rotatable bonds is 0. The van der Waals surface area contributed by atoms with Crippen LogP contribution in [0, 0.1) is 0 Å². The van der Waals surface area contributed by atoms with Crippen LogP contribution >= 0.6 is 33.9 Å². The quantitative estimate of drug-likeness (QED) is 0.439. The third-order valence-electron chi connectivity index (χ3n) is 0. The first-order chi connectivity index (χ1) is 1.00. The summed E-state index contributed by atoms with van der Waals surface area (Å²) in [7, 11) is 1.17. The molecule has 0 heterocycles. The van der Waals surface area contributed by atoms with Crippen molar-refractivity contribution in [1.82, 2.24) is 0 Å². The molecule has 4 heteroatoms. The maximum Gasteiger partial charge on any atom is 0.310 e. The highest BCUT2D eigenvalue weighted by atomic mass is 35.5. The molecule has 0 aliphatic heterocycles. The standard InChI is InChI=1S/2ClH.H2OP/c;;1-2/h2*1H;2H2/q;;+1. The van der Waals surface area contributed by atoms with Gasteiger partial charge in [-0.05, 0) is 0 Å². The van der Waals surface area contributed by atoms with Crippen LogP contribution in [0.5, 0.6) is 0 Å². The summed E-state index contributed by atoms with van der Waals surface area (Å²) >= 11 is 0. The highest BCUT2D eigenvalue weighted by Gasteiger charge is 0.849. The molecule has 0 saturated heterocycles. The Kier molecular flexibility index (Phi) is 321. The van der Waals surface area contributed by atoms with Crippen LogP contribution in [0.3, 0.4) is 0 Å². The van der Waals surface area contributed by atoms with E-state index in [4.69, 9.17) is 4.57 Å². The lowest BCUT2D eigenvalue weighted by molar-refractivity contribution is 0.607. The Balaban J connectivity index is -0.00000000500. The van der Waals surface area contributed by atoms with Gasteiger partial charge in [-0.3, -0.25) is 0 Å². The lowest BCUT2D eigenvalue weighted by atomic mass is 16.0. The molecule has 0 aliphatic carbocycles. The molecule has 0 rings (SSSR count). The van der Waals surface area contributed by atoms with Crippen LogP contribution in [0.1, 0.15) is 0 Å². The molecule has 0 aromatic heterocycles. The maximum absolute atomic E-state index is 8.17. The Morgan fingerprint density at radius 3 is 1.00 bits per heavy atom. The first kappa shape index (κ1) is 22.5. The first-order valence-corrected chi connectivity index (χ1v) is 0.707. The minimum atomic E-state index is 0. The summed E-state index contributed by atoms with van der Waals surface area (Å²) in [5.41, 5.74) is 0. The third kappa shape index (κ3) is 16.4. The van der Waals surface area contributed by atoms with Gasteiger partial charge in [0.1, 0.15) is 0 Å². The van der Waals surface area contributed by atoms with E-state index in [0.717, 1.165) is 0 Å². The largest absolute Gasteiger partial charge is 0.310 e. The van der Waals surface area contributed by atoms with Crippen LogP contribution in [-0.4, -0.2) is 0 Å². The summed E-state index contributed by atoms with van der Waals surface area (Å²) < 4.78 is 8.17. The molecule has 28 valence electrons. The van der Waals surface area contributed by atoms with Crippen molar-refractivity contribution < 1.29 is 4.57 Å². The van der Waals surface area contributed by atoms with Gasteiger partial charge < -0.3 is 0 Å². The molecule has 0 radical (unpaired) electrons. The second kappa shape index (κ2) is 57.2. The Bertz CT molecular complexity index is 6.00. The van der Waals surface area contributed by atoms with E-state index in [0.29, 0.717) is 0 Å². The van der Waals surface area contributed by atoms with Gasteiger partial charge in [-0.25, -0.2) is 0 Å². The maximum atomic E-state index is 8.17. The zero-order valence-corrected chi connectivity index (χ0v) is 4.59. The lowest BCUT2D eigenvalue weighted by Crippen LogP contribution is -0.489. The molecule has 0 aromatic rings. The van der Waals surface area contributed by atoms with Gasteiger partial charge in [-0.15, -0.1) is 24.8 Å². The fourth-order valence-corrected chi connectivity index (χ4v) is 0. The van der Waals surface area contributed by atoms with E-state index >= 15 is 0 Å². The van der Waals surface area contributed by atoms with Crippen LogP contribution in [-0.2, 0) is 4.57 Å². The first-order valence-electron chi connectivity index (χ1n) is 0.236. The van der Waals surface area contributed by atoms with Gasteiger partial charge in [0.25, 0.3) is 0 Å². The van der Waals surface area contributed by atoms with Crippen molar-refractivity contribution in [2.75, 3.05) is 0 Å². The molecule has 1 atom stereocenters. The molecule has 0 aromatic carbocycles. The number of hydrogen-bond acceptors (Lipinski definition) is 1. The molecule has 1 nitrogen and oxygen atoms in total. The van der Waals surface area contributed by atoms with E-state index in [2.05, 4.69) is 0 Å². The molecule has 1 unspecified atom stereocenters. The predicted molar refractivity (Wildman–Crippen MR) is 24.9 cm³/mol. The van der Waals surface area contributed by atoms with Crippen LogP contribution < -0.4 is 0 Å². The summed E-state index contributed by atoms with van der Waals surface area (Å²) in [6.45, 7) is 0. The van der Waals surface area contributed by atoms with Crippen LogP contribution in [0.2, 0.25) is 0 Å². The van der Waals surface area contributed by atoms with E-state index in [1.165, 1.54) is 9.12 Å². The van der Waals surface area contributed by atoms with Crippen molar-refractivity contribution in [3.8, 4) is 0 Å². The van der Waals surface area contributed by atoms with E-state index < -0.39 is 0 Å². The van der Waals surface area contributed by atoms with E-state index in [1.54, 1.807) is 0 Å². The monoisotopic (exact) mass is 121 g/mol. The van der Waals surface area contributed by atoms with Crippen LogP contribution in [0.4, 0.5) is 0 Å². The van der Waals surface area contributed by atoms with Crippen molar-refractivity contribution in [3.05, 3.63) is 0 Å². The summed E-state index contributed by atoms with van der Waals surface area (Å²) in [6, 6.07) is 0. The van der Waals surface area contributed by atoms with Crippen molar-refractivity contribution in [1.29, 1.82) is 0 Å². The normalized spacial score (nSPS) is 1.00. The minimum absolute atomic E-state index is 0. The Morgan fingerprint density at radius 2 is 1.00 bits per heavy atom. The van der Waals surface area contributed by atoms with Gasteiger partial charge in [0.15, 0.2) is 0 Å². The molecule has 0 saturated carbocycles. The molecule has 0 spiro atoms. The highest BCUT2D eigenvalue weighted by molar-refractivity contribution is 7.00. The summed E-state index contributed by atoms with van der Waals surface area (Å²) in [6.07, 6.45) is 0. The molecule has 4 heavy (non-hydrogen) atoms. The fourth-order valence-electron chi connectivity index (χ4n) is 0. The van der Waals surface area contributed by atoms with Crippen molar-refractivity contribution in [2.45, 2.75) is 0 Å². The summed E-state index contributed by atoms with van der Waals surface area (Å²) in [5, 5.41) is 0. The molecule has 0 fully saturated rings. The lowest BCUT2D eigenvalue weighted by Gasteiger charge is -0.618.